The van der Waals surface area contributed by atoms with Gasteiger partial charge in [-0.25, -0.2) is 4.39 Å². The molecule has 3 aromatic carbocycles. The van der Waals surface area contributed by atoms with Crippen LogP contribution in [0.1, 0.15) is 12.0 Å². The maximum absolute atomic E-state index is 13.1. The summed E-state index contributed by atoms with van der Waals surface area (Å²) in [6.07, 6.45) is 0.398. The highest BCUT2D eigenvalue weighted by Gasteiger charge is 2.38. The molecule has 1 atom stereocenters. The SMILES string of the molecule is COc1cc2c(cc1N1CC[C@H](C(=O)NCc3ccc(F)cc3)C1=O)oc1ccccc12. The predicted molar refractivity (Wildman–Crippen MR) is 119 cm³/mol. The molecule has 2 heterocycles. The maximum Gasteiger partial charge on any atom is 0.239 e. The summed E-state index contributed by atoms with van der Waals surface area (Å²) in [7, 11) is 1.56. The van der Waals surface area contributed by atoms with Gasteiger partial charge in [0.25, 0.3) is 0 Å². The number of carbonyl (C=O) groups excluding carboxylic acids is 2. The summed E-state index contributed by atoms with van der Waals surface area (Å²) in [4.78, 5) is 27.4. The molecule has 6 nitrogen and oxygen atoms in total. The molecule has 1 saturated heterocycles. The molecule has 32 heavy (non-hydrogen) atoms. The van der Waals surface area contributed by atoms with Crippen molar-refractivity contribution in [2.24, 2.45) is 5.92 Å². The second-order valence-electron chi connectivity index (χ2n) is 7.79. The van der Waals surface area contributed by atoms with Gasteiger partial charge in [0.15, 0.2) is 0 Å². The second-order valence-corrected chi connectivity index (χ2v) is 7.79. The first-order chi connectivity index (χ1) is 15.5. The van der Waals surface area contributed by atoms with Gasteiger partial charge in [-0.05, 0) is 36.2 Å². The van der Waals surface area contributed by atoms with Crippen LogP contribution in [0.15, 0.2) is 65.1 Å². The Morgan fingerprint density at radius 3 is 2.69 bits per heavy atom. The molecule has 162 valence electrons. The highest BCUT2D eigenvalue weighted by molar-refractivity contribution is 6.12. The highest BCUT2D eigenvalue weighted by atomic mass is 19.1. The lowest BCUT2D eigenvalue weighted by Crippen LogP contribution is -2.36. The number of furan rings is 1. The third-order valence-electron chi connectivity index (χ3n) is 5.87. The van der Waals surface area contributed by atoms with Crippen molar-refractivity contribution in [1.29, 1.82) is 0 Å². The molecule has 0 radical (unpaired) electrons. The third kappa shape index (κ3) is 3.45. The fourth-order valence-electron chi connectivity index (χ4n) is 4.19. The zero-order chi connectivity index (χ0) is 22.2. The Morgan fingerprint density at radius 2 is 1.91 bits per heavy atom. The van der Waals surface area contributed by atoms with Crippen LogP contribution in [0.2, 0.25) is 0 Å². The lowest BCUT2D eigenvalue weighted by molar-refractivity contribution is -0.132. The van der Waals surface area contributed by atoms with Crippen LogP contribution in [-0.2, 0) is 16.1 Å². The summed E-state index contributed by atoms with van der Waals surface area (Å²) in [5, 5.41) is 4.65. The van der Waals surface area contributed by atoms with Crippen molar-refractivity contribution >= 4 is 39.4 Å². The molecule has 0 bridgehead atoms. The van der Waals surface area contributed by atoms with Gasteiger partial charge in [-0.3, -0.25) is 9.59 Å². The third-order valence-corrected chi connectivity index (χ3v) is 5.87. The van der Waals surface area contributed by atoms with Crippen molar-refractivity contribution in [2.45, 2.75) is 13.0 Å². The smallest absolute Gasteiger partial charge is 0.239 e. The lowest BCUT2D eigenvalue weighted by atomic mass is 10.1. The number of nitrogens with one attached hydrogen (secondary N) is 1. The van der Waals surface area contributed by atoms with E-state index in [1.54, 1.807) is 30.2 Å². The number of amides is 2. The molecule has 4 aromatic rings. The normalized spacial score (nSPS) is 16.1. The van der Waals surface area contributed by atoms with Crippen LogP contribution in [0, 0.1) is 11.7 Å². The van der Waals surface area contributed by atoms with Gasteiger partial charge < -0.3 is 19.4 Å². The molecule has 2 amide bonds. The number of rotatable bonds is 5. The average molecular weight is 432 g/mol. The number of halogens is 1. The zero-order valence-electron chi connectivity index (χ0n) is 17.4. The topological polar surface area (TPSA) is 71.8 Å². The molecule has 1 aliphatic heterocycles. The summed E-state index contributed by atoms with van der Waals surface area (Å²) in [5.74, 6) is -1.20. The van der Waals surface area contributed by atoms with E-state index in [0.717, 1.165) is 21.9 Å². The summed E-state index contributed by atoms with van der Waals surface area (Å²) in [6.45, 7) is 0.632. The lowest BCUT2D eigenvalue weighted by Gasteiger charge is -2.19. The van der Waals surface area contributed by atoms with Gasteiger partial charge in [-0.15, -0.1) is 0 Å². The summed E-state index contributed by atoms with van der Waals surface area (Å²) >= 11 is 0. The van der Waals surface area contributed by atoms with Crippen LogP contribution in [-0.4, -0.2) is 25.5 Å². The summed E-state index contributed by atoms with van der Waals surface area (Å²) in [5.41, 5.74) is 2.75. The number of para-hydroxylation sites is 1. The molecule has 1 fully saturated rings. The molecular formula is C25H21FN2O4. The van der Waals surface area contributed by atoms with Gasteiger partial charge in [0, 0.05) is 29.9 Å². The first-order valence-electron chi connectivity index (χ1n) is 10.4. The minimum Gasteiger partial charge on any atom is -0.495 e. The summed E-state index contributed by atoms with van der Waals surface area (Å²) < 4.78 is 24.6. The first-order valence-corrected chi connectivity index (χ1v) is 10.4. The monoisotopic (exact) mass is 432 g/mol. The minimum absolute atomic E-state index is 0.233. The van der Waals surface area contributed by atoms with Gasteiger partial charge in [0.1, 0.15) is 28.7 Å². The molecular weight excluding hydrogens is 411 g/mol. The van der Waals surface area contributed by atoms with E-state index >= 15 is 0 Å². The standard InChI is InChI=1S/C25H21FN2O4/c1-31-23-12-19-17-4-2-3-5-21(17)32-22(19)13-20(23)28-11-10-18(25(28)30)24(29)27-14-15-6-8-16(26)9-7-15/h2-9,12-13,18H,10-11,14H2,1H3,(H,27,29)/t18-/m1/s1. The molecule has 1 aromatic heterocycles. The number of hydrogen-bond donors (Lipinski definition) is 1. The Bertz CT molecular complexity index is 1330. The van der Waals surface area contributed by atoms with E-state index in [4.69, 9.17) is 9.15 Å². The second kappa shape index (κ2) is 8.00. The van der Waals surface area contributed by atoms with Gasteiger partial charge in [0.2, 0.25) is 11.8 Å². The fourth-order valence-corrected chi connectivity index (χ4v) is 4.19. The zero-order valence-corrected chi connectivity index (χ0v) is 17.4. The predicted octanol–water partition coefficient (Wildman–Crippen LogP) is 4.40. The van der Waals surface area contributed by atoms with Crippen molar-refractivity contribution in [1.82, 2.24) is 5.32 Å². The van der Waals surface area contributed by atoms with Crippen LogP contribution >= 0.6 is 0 Å². The molecule has 7 heteroatoms. The van der Waals surface area contributed by atoms with Crippen molar-refractivity contribution in [3.63, 3.8) is 0 Å². The number of nitrogens with zero attached hydrogens (tertiary/aromatic N) is 1. The molecule has 0 unspecified atom stereocenters. The van der Waals surface area contributed by atoms with Crippen LogP contribution in [0.3, 0.4) is 0 Å². The first kappa shape index (κ1) is 20.1. The number of benzene rings is 3. The Labute approximate surface area is 183 Å². The van der Waals surface area contributed by atoms with Crippen LogP contribution in [0.5, 0.6) is 5.75 Å². The van der Waals surface area contributed by atoms with E-state index in [0.29, 0.717) is 30.0 Å². The van der Waals surface area contributed by atoms with Crippen molar-refractivity contribution in [3.05, 3.63) is 72.0 Å². The maximum atomic E-state index is 13.1. The van der Waals surface area contributed by atoms with Gasteiger partial charge in [-0.1, -0.05) is 30.3 Å². The van der Waals surface area contributed by atoms with Crippen LogP contribution in [0.4, 0.5) is 10.1 Å². The Kier molecular flexibility index (Phi) is 5.01. The number of carbonyl (C=O) groups is 2. The van der Waals surface area contributed by atoms with Crippen molar-refractivity contribution in [3.8, 4) is 5.75 Å². The molecule has 0 aliphatic carbocycles. The molecule has 5 rings (SSSR count). The van der Waals surface area contributed by atoms with Crippen molar-refractivity contribution < 1.29 is 23.1 Å². The van der Waals surface area contributed by atoms with E-state index in [1.807, 2.05) is 30.3 Å². The Hall–Kier alpha value is -3.87. The van der Waals surface area contributed by atoms with E-state index in [9.17, 15) is 14.0 Å². The quantitative estimate of drug-likeness (QED) is 0.475. The number of fused-ring (bicyclic) bond motifs is 3. The van der Waals surface area contributed by atoms with E-state index < -0.39 is 5.92 Å². The average Bonchev–Trinajstić information content (AvgIpc) is 3.37. The highest BCUT2D eigenvalue weighted by Crippen LogP contribution is 2.40. The van der Waals surface area contributed by atoms with Gasteiger partial charge in [0.05, 0.1) is 12.8 Å². The number of ether oxygens (including phenoxy) is 1. The Morgan fingerprint density at radius 1 is 1.12 bits per heavy atom. The van der Waals surface area contributed by atoms with Crippen LogP contribution in [0.25, 0.3) is 21.9 Å². The largest absolute Gasteiger partial charge is 0.495 e. The number of anilines is 1. The van der Waals surface area contributed by atoms with E-state index in [2.05, 4.69) is 5.32 Å². The van der Waals surface area contributed by atoms with Crippen LogP contribution < -0.4 is 15.0 Å². The van der Waals surface area contributed by atoms with Gasteiger partial charge in [-0.2, -0.15) is 0 Å². The summed E-state index contributed by atoms with van der Waals surface area (Å²) in [6, 6.07) is 17.3. The molecule has 1 N–H and O–H groups in total. The minimum atomic E-state index is -0.786. The van der Waals surface area contributed by atoms with Gasteiger partial charge >= 0.3 is 0 Å². The van der Waals surface area contributed by atoms with E-state index in [-0.39, 0.29) is 24.2 Å². The molecule has 0 saturated carbocycles. The fraction of sp³-hybridized carbons (Fsp3) is 0.200. The molecule has 1 aliphatic rings. The Balaban J connectivity index is 1.38. The molecule has 0 spiro atoms. The van der Waals surface area contributed by atoms with Crippen molar-refractivity contribution in [2.75, 3.05) is 18.6 Å². The van der Waals surface area contributed by atoms with E-state index in [1.165, 1.54) is 12.1 Å². The number of methoxy groups -OCH3 is 1. The number of hydrogen-bond acceptors (Lipinski definition) is 4.